The molecule has 1 unspecified atom stereocenters. The highest BCUT2D eigenvalue weighted by Gasteiger charge is 2.43. The van der Waals surface area contributed by atoms with Gasteiger partial charge in [0.05, 0.1) is 13.1 Å². The molecule has 13 heteroatoms. The number of alkyl halides is 2. The number of nitrogens with one attached hydrogen (secondary N) is 2. The van der Waals surface area contributed by atoms with Crippen LogP contribution in [0.25, 0.3) is 0 Å². The number of nitrogens with zero attached hydrogens (tertiary/aromatic N) is 3. The minimum Gasteiger partial charge on any atom is -0.444 e. The van der Waals surface area contributed by atoms with Crippen molar-refractivity contribution >= 4 is 41.1 Å². The first kappa shape index (κ1) is 39.0. The zero-order valence-corrected chi connectivity index (χ0v) is 31.1. The predicted molar refractivity (Wildman–Crippen MR) is 199 cm³/mol. The molecule has 2 aliphatic heterocycles. The van der Waals surface area contributed by atoms with E-state index in [-0.39, 0.29) is 25.9 Å². The normalized spacial score (nSPS) is 20.2. The second kappa shape index (κ2) is 16.2. The van der Waals surface area contributed by atoms with Crippen LogP contribution in [-0.4, -0.2) is 82.5 Å². The van der Waals surface area contributed by atoms with Crippen LogP contribution in [0.3, 0.4) is 0 Å². The van der Waals surface area contributed by atoms with Gasteiger partial charge in [-0.15, -0.1) is 0 Å². The third kappa shape index (κ3) is 10.9. The summed E-state index contributed by atoms with van der Waals surface area (Å²) in [7, 11) is 0. The average Bonchev–Trinajstić information content (AvgIpc) is 3.68. The summed E-state index contributed by atoms with van der Waals surface area (Å²) in [6.45, 7) is 11.0. The molecule has 2 fully saturated rings. The summed E-state index contributed by atoms with van der Waals surface area (Å²) in [5.41, 5.74) is 2.40. The molecule has 0 aromatic heterocycles. The molecule has 0 bridgehead atoms. The van der Waals surface area contributed by atoms with Crippen molar-refractivity contribution in [3.05, 3.63) is 90.0 Å². The first-order valence-electron chi connectivity index (χ1n) is 17.8. The highest BCUT2D eigenvalue weighted by atomic mass is 19.1. The fourth-order valence-electron chi connectivity index (χ4n) is 6.27. The number of carbonyl (C=O) groups is 4. The Hall–Kier alpha value is -5.20. The number of hydrogen-bond donors (Lipinski definition) is 2. The number of carbonyl (C=O) groups excluding carboxylic acids is 4. The number of anilines is 3. The van der Waals surface area contributed by atoms with Crippen LogP contribution in [0.5, 0.6) is 0 Å². The van der Waals surface area contributed by atoms with Crippen LogP contribution in [-0.2, 0) is 32.2 Å². The van der Waals surface area contributed by atoms with E-state index < -0.39 is 59.6 Å². The standard InChI is InChI=1S/C40H49F2N5O6/c1-39(2,3)52-37(50)46-24-28(41)20-33(46)35(48)43-30-16-12-26(13-17-30)22-45(32-10-8-7-9-11-32)23-27-14-18-31(19-15-27)44-36(49)34-21-29(42)25-47(34)38(51)53-40(4,5)6/h7-19,28-29,33-34H,20-25H2,1-6H3,(H,43,48)(H,44,49)/t28-,29?,33-,34-/m0/s1. The van der Waals surface area contributed by atoms with Gasteiger partial charge in [-0.1, -0.05) is 42.5 Å². The molecule has 3 aromatic rings. The predicted octanol–water partition coefficient (Wildman–Crippen LogP) is 7.47. The Balaban J connectivity index is 1.21. The molecule has 11 nitrogen and oxygen atoms in total. The monoisotopic (exact) mass is 733 g/mol. The van der Waals surface area contributed by atoms with Gasteiger partial charge < -0.3 is 25.0 Å². The Labute approximate surface area is 309 Å². The first-order valence-corrected chi connectivity index (χ1v) is 17.8. The second-order valence-corrected chi connectivity index (χ2v) is 15.5. The maximum absolute atomic E-state index is 14.3. The zero-order chi connectivity index (χ0) is 38.5. The van der Waals surface area contributed by atoms with E-state index in [0.29, 0.717) is 24.5 Å². The van der Waals surface area contributed by atoms with Crippen molar-refractivity contribution in [2.75, 3.05) is 28.6 Å². The maximum Gasteiger partial charge on any atom is 0.411 e. The number of amides is 4. The summed E-state index contributed by atoms with van der Waals surface area (Å²) in [5.74, 6) is -0.964. The molecule has 2 heterocycles. The number of para-hydroxylation sites is 1. The van der Waals surface area contributed by atoms with Crippen LogP contribution in [0.15, 0.2) is 78.9 Å². The number of rotatable bonds is 9. The third-order valence-corrected chi connectivity index (χ3v) is 8.67. The van der Waals surface area contributed by atoms with Gasteiger partial charge in [0.25, 0.3) is 0 Å². The molecular weight excluding hydrogens is 684 g/mol. The third-order valence-electron chi connectivity index (χ3n) is 8.67. The Kier molecular flexibility index (Phi) is 11.9. The largest absolute Gasteiger partial charge is 0.444 e. The van der Waals surface area contributed by atoms with Gasteiger partial charge in [0.2, 0.25) is 11.8 Å². The summed E-state index contributed by atoms with van der Waals surface area (Å²) >= 11 is 0. The molecule has 4 amide bonds. The van der Waals surface area contributed by atoms with Crippen molar-refractivity contribution in [3.63, 3.8) is 0 Å². The van der Waals surface area contributed by atoms with E-state index in [4.69, 9.17) is 9.47 Å². The summed E-state index contributed by atoms with van der Waals surface area (Å²) in [6.07, 6.45) is -4.29. The molecule has 2 saturated heterocycles. The highest BCUT2D eigenvalue weighted by Crippen LogP contribution is 2.27. The highest BCUT2D eigenvalue weighted by molar-refractivity contribution is 5.97. The van der Waals surface area contributed by atoms with Crippen LogP contribution >= 0.6 is 0 Å². The van der Waals surface area contributed by atoms with Crippen molar-refractivity contribution in [2.24, 2.45) is 0 Å². The summed E-state index contributed by atoms with van der Waals surface area (Å²) in [4.78, 5) is 56.1. The van der Waals surface area contributed by atoms with E-state index in [1.165, 1.54) is 0 Å². The summed E-state index contributed by atoms with van der Waals surface area (Å²) in [6, 6.07) is 22.6. The Morgan fingerprint density at radius 2 is 1.02 bits per heavy atom. The lowest BCUT2D eigenvalue weighted by Gasteiger charge is -2.28. The summed E-state index contributed by atoms with van der Waals surface area (Å²) in [5, 5.41) is 5.63. The van der Waals surface area contributed by atoms with Crippen molar-refractivity contribution in [2.45, 2.75) is 103 Å². The molecule has 4 atom stereocenters. The molecule has 0 spiro atoms. The maximum atomic E-state index is 14.3. The van der Waals surface area contributed by atoms with Crippen LogP contribution in [0.4, 0.5) is 35.4 Å². The number of likely N-dealkylation sites (tertiary alicyclic amines) is 2. The van der Waals surface area contributed by atoms with Crippen LogP contribution < -0.4 is 15.5 Å². The van der Waals surface area contributed by atoms with Gasteiger partial charge in [-0.3, -0.25) is 19.4 Å². The number of benzene rings is 3. The van der Waals surface area contributed by atoms with Gasteiger partial charge in [0.1, 0.15) is 35.6 Å². The summed E-state index contributed by atoms with van der Waals surface area (Å²) < 4.78 is 39.4. The molecule has 0 radical (unpaired) electrons. The Bertz CT molecular complexity index is 1630. The van der Waals surface area contributed by atoms with E-state index in [1.807, 2.05) is 54.6 Å². The van der Waals surface area contributed by atoms with Crippen LogP contribution in [0.1, 0.15) is 65.5 Å². The van der Waals surface area contributed by atoms with Gasteiger partial charge in [0.15, 0.2) is 0 Å². The van der Waals surface area contributed by atoms with E-state index in [0.717, 1.165) is 26.6 Å². The van der Waals surface area contributed by atoms with Gasteiger partial charge in [-0.25, -0.2) is 18.4 Å². The topological polar surface area (TPSA) is 121 Å². The quantitative estimate of drug-likeness (QED) is 0.234. The minimum absolute atomic E-state index is 0.102. The Morgan fingerprint density at radius 1 is 0.642 bits per heavy atom. The molecule has 53 heavy (non-hydrogen) atoms. The molecule has 2 N–H and O–H groups in total. The van der Waals surface area contributed by atoms with Crippen molar-refractivity contribution in [1.82, 2.24) is 9.80 Å². The van der Waals surface area contributed by atoms with Crippen molar-refractivity contribution < 1.29 is 37.4 Å². The minimum atomic E-state index is -1.32. The van der Waals surface area contributed by atoms with E-state index in [9.17, 15) is 28.0 Å². The average molecular weight is 734 g/mol. The SMILES string of the molecule is CC(C)(C)OC(=O)N1CC(F)C[C@H]1C(=O)Nc1ccc(CN(Cc2ccc(NC(=O)[C@@H]3C[C@H](F)CN3C(=O)OC(C)(C)C)cc2)c2ccccc2)cc1. The molecular formula is C40H49F2N5O6. The fourth-order valence-corrected chi connectivity index (χ4v) is 6.27. The smallest absolute Gasteiger partial charge is 0.411 e. The number of halogens is 2. The van der Waals surface area contributed by atoms with Gasteiger partial charge in [-0.05, 0) is 89.1 Å². The van der Waals surface area contributed by atoms with Crippen molar-refractivity contribution in [3.8, 4) is 0 Å². The fraction of sp³-hybridized carbons (Fsp3) is 0.450. The van der Waals surface area contributed by atoms with Gasteiger partial charge >= 0.3 is 12.2 Å². The second-order valence-electron chi connectivity index (χ2n) is 15.5. The number of ether oxygens (including phenoxy) is 2. The lowest BCUT2D eigenvalue weighted by Crippen LogP contribution is -2.45. The van der Waals surface area contributed by atoms with Gasteiger partial charge in [0, 0.05) is 43.0 Å². The molecule has 0 saturated carbocycles. The van der Waals surface area contributed by atoms with Crippen LogP contribution in [0, 0.1) is 0 Å². The van der Waals surface area contributed by atoms with Gasteiger partial charge in [-0.2, -0.15) is 0 Å². The Morgan fingerprint density at radius 3 is 1.38 bits per heavy atom. The number of hydrogen-bond acceptors (Lipinski definition) is 7. The lowest BCUT2D eigenvalue weighted by molar-refractivity contribution is -0.121. The lowest BCUT2D eigenvalue weighted by atomic mass is 10.1. The molecule has 2 aliphatic rings. The molecule has 284 valence electrons. The molecule has 5 rings (SSSR count). The first-order chi connectivity index (χ1) is 24.9. The molecule has 0 aliphatic carbocycles. The van der Waals surface area contributed by atoms with E-state index in [1.54, 1.807) is 65.8 Å². The van der Waals surface area contributed by atoms with Crippen molar-refractivity contribution in [1.29, 1.82) is 0 Å². The zero-order valence-electron chi connectivity index (χ0n) is 31.1. The molecule has 3 aromatic carbocycles. The van der Waals surface area contributed by atoms with Crippen LogP contribution in [0.2, 0.25) is 0 Å². The van der Waals surface area contributed by atoms with E-state index >= 15 is 0 Å². The van der Waals surface area contributed by atoms with E-state index in [2.05, 4.69) is 15.5 Å².